The number of nitrogens with one attached hydrogen (secondary N) is 1. The zero-order chi connectivity index (χ0) is 19.2. The van der Waals surface area contributed by atoms with E-state index in [2.05, 4.69) is 16.9 Å². The number of furan rings is 1. The highest BCUT2D eigenvalue weighted by molar-refractivity contribution is 14.0. The van der Waals surface area contributed by atoms with Gasteiger partial charge < -0.3 is 14.6 Å². The summed E-state index contributed by atoms with van der Waals surface area (Å²) >= 11 is 0. The standard InChI is InChI=1S/C18H27F3N4O.HI/c1-14(2)13-23-17(22-7-6-16-5-4-12-26-16)25-10-8-24(9-11-25)15(3)18(19,20)21;/h4-5,12,15H,1,6-11,13H2,2-3H3,(H,22,23);1H. The molecule has 0 spiro atoms. The second-order valence-corrected chi connectivity index (χ2v) is 6.59. The summed E-state index contributed by atoms with van der Waals surface area (Å²) in [6, 6.07) is 2.32. The Morgan fingerprint density at radius 3 is 2.52 bits per heavy atom. The first-order chi connectivity index (χ1) is 12.3. The maximum atomic E-state index is 12.9. The van der Waals surface area contributed by atoms with E-state index in [-0.39, 0.29) is 24.0 Å². The van der Waals surface area contributed by atoms with Crippen LogP contribution in [0.1, 0.15) is 19.6 Å². The van der Waals surface area contributed by atoms with Crippen molar-refractivity contribution in [1.82, 2.24) is 15.1 Å². The molecular weight excluding hydrogens is 472 g/mol. The van der Waals surface area contributed by atoms with Gasteiger partial charge in [0.2, 0.25) is 0 Å². The first kappa shape index (κ1) is 23.8. The number of alkyl halides is 3. The molecular formula is C18H28F3IN4O. The molecule has 1 N–H and O–H groups in total. The number of aliphatic imine (C=N–C) groups is 1. The van der Waals surface area contributed by atoms with E-state index in [0.29, 0.717) is 51.6 Å². The molecule has 9 heteroatoms. The lowest BCUT2D eigenvalue weighted by Gasteiger charge is -2.39. The maximum absolute atomic E-state index is 12.9. The van der Waals surface area contributed by atoms with Crippen LogP contribution >= 0.6 is 24.0 Å². The quantitative estimate of drug-likeness (QED) is 0.281. The van der Waals surface area contributed by atoms with Gasteiger partial charge in [-0.25, -0.2) is 4.99 Å². The van der Waals surface area contributed by atoms with Gasteiger partial charge in [-0.1, -0.05) is 12.2 Å². The van der Waals surface area contributed by atoms with Crippen LogP contribution in [0.15, 0.2) is 40.0 Å². The van der Waals surface area contributed by atoms with Gasteiger partial charge in [0.15, 0.2) is 5.96 Å². The van der Waals surface area contributed by atoms with Gasteiger partial charge in [0.05, 0.1) is 12.8 Å². The van der Waals surface area contributed by atoms with E-state index in [1.807, 2.05) is 24.0 Å². The summed E-state index contributed by atoms with van der Waals surface area (Å²) in [5.41, 5.74) is 0.930. The van der Waals surface area contributed by atoms with Crippen LogP contribution in [0.25, 0.3) is 0 Å². The van der Waals surface area contributed by atoms with E-state index >= 15 is 0 Å². The lowest BCUT2D eigenvalue weighted by atomic mass is 10.2. The van der Waals surface area contributed by atoms with E-state index in [1.165, 1.54) is 11.8 Å². The molecule has 154 valence electrons. The lowest BCUT2D eigenvalue weighted by molar-refractivity contribution is -0.181. The third-order valence-corrected chi connectivity index (χ3v) is 4.37. The van der Waals surface area contributed by atoms with Crippen molar-refractivity contribution in [1.29, 1.82) is 0 Å². The van der Waals surface area contributed by atoms with Crippen molar-refractivity contribution in [2.45, 2.75) is 32.5 Å². The minimum Gasteiger partial charge on any atom is -0.469 e. The average molecular weight is 500 g/mol. The Balaban J connectivity index is 0.00000364. The Hall–Kier alpha value is -1.23. The van der Waals surface area contributed by atoms with Gasteiger partial charge in [0.25, 0.3) is 0 Å². The highest BCUT2D eigenvalue weighted by Gasteiger charge is 2.41. The normalized spacial score (nSPS) is 17.4. The van der Waals surface area contributed by atoms with Crippen LogP contribution in [-0.4, -0.2) is 67.2 Å². The van der Waals surface area contributed by atoms with Crippen LogP contribution in [0.2, 0.25) is 0 Å². The minimum absolute atomic E-state index is 0. The molecule has 0 amide bonds. The number of hydrogen-bond donors (Lipinski definition) is 1. The molecule has 1 aliphatic heterocycles. The second-order valence-electron chi connectivity index (χ2n) is 6.59. The summed E-state index contributed by atoms with van der Waals surface area (Å²) in [5, 5.41) is 3.29. The molecule has 1 fully saturated rings. The van der Waals surface area contributed by atoms with Gasteiger partial charge in [-0.3, -0.25) is 4.90 Å². The van der Waals surface area contributed by atoms with Crippen LogP contribution in [-0.2, 0) is 6.42 Å². The Labute approximate surface area is 175 Å². The van der Waals surface area contributed by atoms with Gasteiger partial charge in [0.1, 0.15) is 11.8 Å². The molecule has 2 rings (SSSR count). The fourth-order valence-electron chi connectivity index (χ4n) is 2.76. The second kappa shape index (κ2) is 10.9. The summed E-state index contributed by atoms with van der Waals surface area (Å²) in [6.07, 6.45) is -1.85. The summed E-state index contributed by atoms with van der Waals surface area (Å²) in [4.78, 5) is 8.02. The highest BCUT2D eigenvalue weighted by Crippen LogP contribution is 2.25. The first-order valence-corrected chi connectivity index (χ1v) is 8.78. The molecule has 2 heterocycles. The van der Waals surface area contributed by atoms with Crippen molar-refractivity contribution >= 4 is 29.9 Å². The van der Waals surface area contributed by atoms with Crippen molar-refractivity contribution in [3.63, 3.8) is 0 Å². The predicted octanol–water partition coefficient (Wildman–Crippen LogP) is 3.53. The molecule has 1 atom stereocenters. The molecule has 1 aliphatic rings. The topological polar surface area (TPSA) is 44.0 Å². The van der Waals surface area contributed by atoms with Crippen LogP contribution in [0.3, 0.4) is 0 Å². The third-order valence-electron chi connectivity index (χ3n) is 4.37. The van der Waals surface area contributed by atoms with E-state index in [1.54, 1.807) is 6.26 Å². The van der Waals surface area contributed by atoms with Gasteiger partial charge in [-0.05, 0) is 26.0 Å². The SMILES string of the molecule is C=C(C)CN=C(NCCc1ccco1)N1CCN(C(C)C(F)(F)F)CC1.I. The maximum Gasteiger partial charge on any atom is 0.403 e. The van der Waals surface area contributed by atoms with Crippen molar-refractivity contribution in [3.05, 3.63) is 36.3 Å². The van der Waals surface area contributed by atoms with Gasteiger partial charge in [0, 0.05) is 39.1 Å². The molecule has 0 aromatic carbocycles. The fourth-order valence-corrected chi connectivity index (χ4v) is 2.76. The number of rotatable bonds is 6. The van der Waals surface area contributed by atoms with Gasteiger partial charge in [-0.15, -0.1) is 24.0 Å². The smallest absolute Gasteiger partial charge is 0.403 e. The summed E-state index contributed by atoms with van der Waals surface area (Å²) < 4.78 is 44.0. The van der Waals surface area contributed by atoms with E-state index in [9.17, 15) is 13.2 Å². The van der Waals surface area contributed by atoms with E-state index in [4.69, 9.17) is 4.42 Å². The van der Waals surface area contributed by atoms with Crippen molar-refractivity contribution < 1.29 is 17.6 Å². The monoisotopic (exact) mass is 500 g/mol. The Morgan fingerprint density at radius 2 is 2.00 bits per heavy atom. The van der Waals surface area contributed by atoms with E-state index < -0.39 is 12.2 Å². The van der Waals surface area contributed by atoms with Gasteiger partial charge >= 0.3 is 6.18 Å². The number of guanidine groups is 1. The molecule has 0 saturated carbocycles. The van der Waals surface area contributed by atoms with Gasteiger partial charge in [-0.2, -0.15) is 13.2 Å². The van der Waals surface area contributed by atoms with Crippen LogP contribution in [0.5, 0.6) is 0 Å². The number of halogens is 4. The van der Waals surface area contributed by atoms with Crippen molar-refractivity contribution in [3.8, 4) is 0 Å². The lowest BCUT2D eigenvalue weighted by Crippen LogP contribution is -2.57. The molecule has 1 saturated heterocycles. The summed E-state index contributed by atoms with van der Waals surface area (Å²) in [7, 11) is 0. The molecule has 27 heavy (non-hydrogen) atoms. The minimum atomic E-state index is -4.19. The fraction of sp³-hybridized carbons (Fsp3) is 0.611. The molecule has 0 aliphatic carbocycles. The van der Waals surface area contributed by atoms with Crippen LogP contribution in [0.4, 0.5) is 13.2 Å². The van der Waals surface area contributed by atoms with E-state index in [0.717, 1.165) is 11.3 Å². The highest BCUT2D eigenvalue weighted by atomic mass is 127. The van der Waals surface area contributed by atoms with Crippen LogP contribution < -0.4 is 5.32 Å². The van der Waals surface area contributed by atoms with Crippen molar-refractivity contribution in [2.24, 2.45) is 4.99 Å². The molecule has 1 unspecified atom stereocenters. The molecule has 0 bridgehead atoms. The number of piperazine rings is 1. The third kappa shape index (κ3) is 7.73. The van der Waals surface area contributed by atoms with Crippen LogP contribution in [0, 0.1) is 0 Å². The number of hydrogen-bond acceptors (Lipinski definition) is 3. The zero-order valence-corrected chi connectivity index (χ0v) is 18.1. The molecule has 0 radical (unpaired) electrons. The Morgan fingerprint density at radius 1 is 1.33 bits per heavy atom. The van der Waals surface area contributed by atoms with Crippen molar-refractivity contribution in [2.75, 3.05) is 39.3 Å². The summed E-state index contributed by atoms with van der Waals surface area (Å²) in [6.45, 7) is 9.81. The summed E-state index contributed by atoms with van der Waals surface area (Å²) in [5.74, 6) is 1.58. The molecule has 1 aromatic rings. The Bertz CT molecular complexity index is 596. The largest absolute Gasteiger partial charge is 0.469 e. The zero-order valence-electron chi connectivity index (χ0n) is 15.8. The molecule has 5 nitrogen and oxygen atoms in total. The number of nitrogens with zero attached hydrogens (tertiary/aromatic N) is 3. The first-order valence-electron chi connectivity index (χ1n) is 8.78. The predicted molar refractivity (Wildman–Crippen MR) is 112 cm³/mol. The average Bonchev–Trinajstić information content (AvgIpc) is 3.10. The molecule has 1 aromatic heterocycles. The Kier molecular flexibility index (Phi) is 9.65.